The van der Waals surface area contributed by atoms with E-state index in [9.17, 15) is 4.79 Å². The second-order valence-electron chi connectivity index (χ2n) is 4.86. The summed E-state index contributed by atoms with van der Waals surface area (Å²) in [5, 5.41) is 2.98. The molecule has 1 aromatic rings. The van der Waals surface area contributed by atoms with Crippen molar-refractivity contribution in [2.45, 2.75) is 44.0 Å². The molecule has 0 heterocycles. The van der Waals surface area contributed by atoms with Gasteiger partial charge in [-0.2, -0.15) is 0 Å². The van der Waals surface area contributed by atoms with Crippen LogP contribution in [0.1, 0.15) is 42.2 Å². The lowest BCUT2D eigenvalue weighted by atomic mass is 10.1. The van der Waals surface area contributed by atoms with Crippen molar-refractivity contribution in [2.24, 2.45) is 0 Å². The van der Waals surface area contributed by atoms with E-state index in [1.54, 1.807) is 6.07 Å². The fourth-order valence-electron chi connectivity index (χ4n) is 2.26. The standard InChI is InChI=1S/C14H17Cl2NO/c1-9-6-7-10(8-12(9)15)13(16)14(18)17-11-4-2-3-5-11/h6-8,11,13H,2-5H2,1H3,(H,17,18). The average Bonchev–Trinajstić information content (AvgIpc) is 2.84. The van der Waals surface area contributed by atoms with Crippen molar-refractivity contribution < 1.29 is 4.79 Å². The second kappa shape index (κ2) is 5.94. The van der Waals surface area contributed by atoms with E-state index >= 15 is 0 Å². The molecule has 0 radical (unpaired) electrons. The van der Waals surface area contributed by atoms with E-state index in [-0.39, 0.29) is 5.91 Å². The molecule has 1 amide bonds. The number of hydrogen-bond donors (Lipinski definition) is 1. The summed E-state index contributed by atoms with van der Waals surface area (Å²) in [5.41, 5.74) is 1.74. The van der Waals surface area contributed by atoms with Gasteiger partial charge < -0.3 is 5.32 Å². The van der Waals surface area contributed by atoms with Crippen LogP contribution in [0.3, 0.4) is 0 Å². The van der Waals surface area contributed by atoms with Gasteiger partial charge in [0.1, 0.15) is 5.38 Å². The minimum Gasteiger partial charge on any atom is -0.352 e. The third-order valence-corrected chi connectivity index (χ3v) is 4.28. The highest BCUT2D eigenvalue weighted by molar-refractivity contribution is 6.33. The Labute approximate surface area is 118 Å². The number of halogens is 2. The molecule has 0 aromatic heterocycles. The van der Waals surface area contributed by atoms with Crippen LogP contribution in [-0.4, -0.2) is 11.9 Å². The van der Waals surface area contributed by atoms with Gasteiger partial charge in [0.05, 0.1) is 0 Å². The summed E-state index contributed by atoms with van der Waals surface area (Å²) in [6, 6.07) is 5.80. The molecule has 1 aliphatic carbocycles. The lowest BCUT2D eigenvalue weighted by molar-refractivity contribution is -0.121. The van der Waals surface area contributed by atoms with Crippen molar-refractivity contribution in [3.63, 3.8) is 0 Å². The Morgan fingerprint density at radius 2 is 2.06 bits per heavy atom. The average molecular weight is 286 g/mol. The van der Waals surface area contributed by atoms with E-state index in [2.05, 4.69) is 5.32 Å². The number of nitrogens with one attached hydrogen (secondary N) is 1. The van der Waals surface area contributed by atoms with Crippen LogP contribution in [0.2, 0.25) is 5.02 Å². The van der Waals surface area contributed by atoms with Gasteiger partial charge in [-0.25, -0.2) is 0 Å². The molecule has 4 heteroatoms. The SMILES string of the molecule is Cc1ccc(C(Cl)C(=O)NC2CCCC2)cc1Cl. The smallest absolute Gasteiger partial charge is 0.242 e. The number of benzene rings is 1. The maximum absolute atomic E-state index is 12.0. The van der Waals surface area contributed by atoms with Gasteiger partial charge in [-0.05, 0) is 37.0 Å². The summed E-state index contributed by atoms with van der Waals surface area (Å²) in [6.45, 7) is 1.92. The number of alkyl halides is 1. The van der Waals surface area contributed by atoms with Crippen LogP contribution in [0, 0.1) is 6.92 Å². The highest BCUT2D eigenvalue weighted by Gasteiger charge is 2.23. The number of hydrogen-bond acceptors (Lipinski definition) is 1. The van der Waals surface area contributed by atoms with E-state index < -0.39 is 5.38 Å². The molecule has 1 unspecified atom stereocenters. The first-order chi connectivity index (χ1) is 8.58. The van der Waals surface area contributed by atoms with Gasteiger partial charge in [-0.15, -0.1) is 11.6 Å². The molecule has 2 nitrogen and oxygen atoms in total. The zero-order valence-corrected chi connectivity index (χ0v) is 11.9. The number of amides is 1. The second-order valence-corrected chi connectivity index (χ2v) is 5.70. The van der Waals surface area contributed by atoms with E-state index in [1.807, 2.05) is 19.1 Å². The molecule has 0 aliphatic heterocycles. The Balaban J connectivity index is 2.02. The third kappa shape index (κ3) is 3.18. The quantitative estimate of drug-likeness (QED) is 0.836. The molecule has 98 valence electrons. The molecule has 18 heavy (non-hydrogen) atoms. The molecule has 2 rings (SSSR count). The van der Waals surface area contributed by atoms with Gasteiger partial charge in [0.15, 0.2) is 0 Å². The largest absolute Gasteiger partial charge is 0.352 e. The van der Waals surface area contributed by atoms with Crippen LogP contribution in [0.5, 0.6) is 0 Å². The van der Waals surface area contributed by atoms with Crippen LogP contribution in [0.4, 0.5) is 0 Å². The Morgan fingerprint density at radius 3 is 2.67 bits per heavy atom. The fraction of sp³-hybridized carbons (Fsp3) is 0.500. The van der Waals surface area contributed by atoms with Gasteiger partial charge in [-0.1, -0.05) is 36.6 Å². The Bertz CT molecular complexity index is 441. The van der Waals surface area contributed by atoms with Crippen molar-refractivity contribution in [2.75, 3.05) is 0 Å². The van der Waals surface area contributed by atoms with Crippen molar-refractivity contribution in [3.05, 3.63) is 34.3 Å². The minimum atomic E-state index is -0.663. The molecular formula is C14H17Cl2NO. The lowest BCUT2D eigenvalue weighted by Crippen LogP contribution is -2.34. The third-order valence-electron chi connectivity index (χ3n) is 3.42. The number of aryl methyl sites for hydroxylation is 1. The maximum Gasteiger partial charge on any atom is 0.242 e. The Morgan fingerprint density at radius 1 is 1.39 bits per heavy atom. The van der Waals surface area contributed by atoms with Crippen LogP contribution >= 0.6 is 23.2 Å². The summed E-state index contributed by atoms with van der Waals surface area (Å²) < 4.78 is 0. The monoisotopic (exact) mass is 285 g/mol. The molecule has 1 saturated carbocycles. The van der Waals surface area contributed by atoms with Crippen molar-refractivity contribution >= 4 is 29.1 Å². The summed E-state index contributed by atoms with van der Waals surface area (Å²) in [5.74, 6) is -0.122. The lowest BCUT2D eigenvalue weighted by Gasteiger charge is -2.16. The topological polar surface area (TPSA) is 29.1 Å². The highest BCUT2D eigenvalue weighted by atomic mass is 35.5. The maximum atomic E-state index is 12.0. The van der Waals surface area contributed by atoms with Gasteiger partial charge in [-0.3, -0.25) is 4.79 Å². The molecule has 1 atom stereocenters. The van der Waals surface area contributed by atoms with E-state index in [0.29, 0.717) is 11.1 Å². The van der Waals surface area contributed by atoms with Crippen LogP contribution < -0.4 is 5.32 Å². The summed E-state index contributed by atoms with van der Waals surface area (Å²) >= 11 is 12.2. The number of carbonyl (C=O) groups is 1. The first kappa shape index (κ1) is 13.7. The van der Waals surface area contributed by atoms with Gasteiger partial charge in [0.25, 0.3) is 0 Å². The summed E-state index contributed by atoms with van der Waals surface area (Å²) in [4.78, 5) is 12.0. The van der Waals surface area contributed by atoms with Crippen LogP contribution in [-0.2, 0) is 4.79 Å². The number of carbonyl (C=O) groups excluding carboxylic acids is 1. The molecule has 1 aliphatic rings. The molecule has 1 N–H and O–H groups in total. The van der Waals surface area contributed by atoms with Gasteiger partial charge in [0.2, 0.25) is 5.91 Å². The van der Waals surface area contributed by atoms with Crippen molar-refractivity contribution in [1.82, 2.24) is 5.32 Å². The minimum absolute atomic E-state index is 0.122. The van der Waals surface area contributed by atoms with E-state index in [0.717, 1.165) is 24.0 Å². The fourth-order valence-corrected chi connectivity index (χ4v) is 2.65. The zero-order valence-electron chi connectivity index (χ0n) is 10.4. The predicted octanol–water partition coefficient (Wildman–Crippen LogP) is 3.99. The van der Waals surface area contributed by atoms with Crippen molar-refractivity contribution in [1.29, 1.82) is 0 Å². The van der Waals surface area contributed by atoms with Crippen LogP contribution in [0.25, 0.3) is 0 Å². The zero-order chi connectivity index (χ0) is 13.1. The molecule has 0 bridgehead atoms. The predicted molar refractivity (Wildman–Crippen MR) is 75.2 cm³/mol. The molecule has 1 fully saturated rings. The molecule has 1 aromatic carbocycles. The first-order valence-corrected chi connectivity index (χ1v) is 7.10. The van der Waals surface area contributed by atoms with E-state index in [1.165, 1.54) is 12.8 Å². The first-order valence-electron chi connectivity index (χ1n) is 6.28. The number of rotatable bonds is 3. The van der Waals surface area contributed by atoms with Crippen molar-refractivity contribution in [3.8, 4) is 0 Å². The van der Waals surface area contributed by atoms with Gasteiger partial charge in [0, 0.05) is 11.1 Å². The Kier molecular flexibility index (Phi) is 4.52. The molecule has 0 spiro atoms. The van der Waals surface area contributed by atoms with Crippen LogP contribution in [0.15, 0.2) is 18.2 Å². The summed E-state index contributed by atoms with van der Waals surface area (Å²) in [7, 11) is 0. The summed E-state index contributed by atoms with van der Waals surface area (Å²) in [6.07, 6.45) is 4.50. The Hall–Kier alpha value is -0.730. The molecule has 0 saturated heterocycles. The van der Waals surface area contributed by atoms with E-state index in [4.69, 9.17) is 23.2 Å². The highest BCUT2D eigenvalue weighted by Crippen LogP contribution is 2.27. The normalized spacial score (nSPS) is 17.7. The van der Waals surface area contributed by atoms with Gasteiger partial charge >= 0.3 is 0 Å². The molecular weight excluding hydrogens is 269 g/mol.